The molecular formula is C16H13F3N2O2. The van der Waals surface area contributed by atoms with Gasteiger partial charge in [0.2, 0.25) is 5.91 Å². The first kappa shape index (κ1) is 15.3. The van der Waals surface area contributed by atoms with E-state index in [1.807, 2.05) is 0 Å². The number of halogens is 3. The topological polar surface area (TPSA) is 62.2 Å². The number of carbonyl (C=O) groups is 1. The van der Waals surface area contributed by atoms with Gasteiger partial charge in [0.1, 0.15) is 0 Å². The predicted octanol–water partition coefficient (Wildman–Crippen LogP) is 3.55. The molecule has 1 aromatic carbocycles. The summed E-state index contributed by atoms with van der Waals surface area (Å²) in [4.78, 5) is 15.9. The largest absolute Gasteiger partial charge is 0.504 e. The minimum Gasteiger partial charge on any atom is -0.504 e. The molecule has 0 aliphatic heterocycles. The van der Waals surface area contributed by atoms with Gasteiger partial charge in [-0.3, -0.25) is 4.79 Å². The summed E-state index contributed by atoms with van der Waals surface area (Å²) in [6, 6.07) is 8.15. The van der Waals surface area contributed by atoms with Gasteiger partial charge in [0.25, 0.3) is 0 Å². The second-order valence-corrected chi connectivity index (χ2v) is 5.39. The lowest BCUT2D eigenvalue weighted by Crippen LogP contribution is -2.16. The van der Waals surface area contributed by atoms with E-state index < -0.39 is 29.5 Å². The maximum Gasteiger partial charge on any atom is 0.416 e. The van der Waals surface area contributed by atoms with E-state index in [9.17, 15) is 23.1 Å². The molecule has 7 heteroatoms. The van der Waals surface area contributed by atoms with Gasteiger partial charge in [0.05, 0.1) is 5.56 Å². The summed E-state index contributed by atoms with van der Waals surface area (Å²) < 4.78 is 39.1. The maximum atomic E-state index is 13.0. The van der Waals surface area contributed by atoms with E-state index in [2.05, 4.69) is 10.3 Å². The Morgan fingerprint density at radius 2 is 1.96 bits per heavy atom. The van der Waals surface area contributed by atoms with Crippen LogP contribution in [0.3, 0.4) is 0 Å². The molecule has 1 aliphatic carbocycles. The van der Waals surface area contributed by atoms with Crippen molar-refractivity contribution < 1.29 is 23.1 Å². The number of nitrogens with one attached hydrogen (secondary N) is 1. The van der Waals surface area contributed by atoms with E-state index in [1.54, 1.807) is 0 Å². The molecule has 2 aromatic rings. The number of alkyl halides is 3. The monoisotopic (exact) mass is 322 g/mol. The lowest BCUT2D eigenvalue weighted by atomic mass is 10.0. The van der Waals surface area contributed by atoms with E-state index in [-0.39, 0.29) is 17.1 Å². The molecule has 0 spiro atoms. The highest BCUT2D eigenvalue weighted by Gasteiger charge is 2.48. The average molecular weight is 322 g/mol. The first-order valence-corrected chi connectivity index (χ1v) is 6.99. The average Bonchev–Trinajstić information content (AvgIpc) is 3.29. The van der Waals surface area contributed by atoms with Gasteiger partial charge in [-0.2, -0.15) is 13.2 Å². The van der Waals surface area contributed by atoms with Crippen LogP contribution in [0.2, 0.25) is 0 Å². The number of rotatable bonds is 3. The number of pyridine rings is 1. The quantitative estimate of drug-likeness (QED) is 0.908. The second kappa shape index (κ2) is 5.57. The number of aromatic hydroxyl groups is 1. The van der Waals surface area contributed by atoms with Crippen LogP contribution in [0.15, 0.2) is 42.6 Å². The SMILES string of the molecule is O=C(Nc1ncccc1O)[C@@H]1C[C@H]1c1ccccc1C(F)(F)F. The highest BCUT2D eigenvalue weighted by atomic mass is 19.4. The molecule has 23 heavy (non-hydrogen) atoms. The van der Waals surface area contributed by atoms with E-state index in [0.717, 1.165) is 6.07 Å². The highest BCUT2D eigenvalue weighted by Crippen LogP contribution is 2.51. The molecule has 1 aromatic heterocycles. The Labute approximate surface area is 130 Å². The van der Waals surface area contributed by atoms with Crippen LogP contribution in [-0.2, 0) is 11.0 Å². The summed E-state index contributed by atoms with van der Waals surface area (Å²) >= 11 is 0. The molecule has 0 bridgehead atoms. The summed E-state index contributed by atoms with van der Waals surface area (Å²) in [5.74, 6) is -1.65. The lowest BCUT2D eigenvalue weighted by molar-refractivity contribution is -0.138. The molecule has 1 aliphatic rings. The van der Waals surface area contributed by atoms with Crippen LogP contribution in [0, 0.1) is 5.92 Å². The van der Waals surface area contributed by atoms with Gasteiger partial charge in [-0.25, -0.2) is 4.98 Å². The molecule has 3 rings (SSSR count). The molecule has 1 amide bonds. The van der Waals surface area contributed by atoms with Crippen molar-refractivity contribution in [2.45, 2.75) is 18.5 Å². The summed E-state index contributed by atoms with van der Waals surface area (Å²) in [6.45, 7) is 0. The van der Waals surface area contributed by atoms with Crippen LogP contribution >= 0.6 is 0 Å². The van der Waals surface area contributed by atoms with Crippen molar-refractivity contribution >= 4 is 11.7 Å². The fraction of sp³-hybridized carbons (Fsp3) is 0.250. The molecular weight excluding hydrogens is 309 g/mol. The highest BCUT2D eigenvalue weighted by molar-refractivity contribution is 5.95. The Morgan fingerprint density at radius 1 is 1.22 bits per heavy atom. The minimum atomic E-state index is -4.44. The lowest BCUT2D eigenvalue weighted by Gasteiger charge is -2.12. The first-order chi connectivity index (χ1) is 10.9. The van der Waals surface area contributed by atoms with E-state index in [1.165, 1.54) is 36.5 Å². The van der Waals surface area contributed by atoms with Crippen LogP contribution in [0.4, 0.5) is 19.0 Å². The normalized spacial score (nSPS) is 20.1. The van der Waals surface area contributed by atoms with Gasteiger partial charge in [-0.05, 0) is 36.1 Å². The van der Waals surface area contributed by atoms with E-state index in [4.69, 9.17) is 0 Å². The molecule has 2 N–H and O–H groups in total. The fourth-order valence-corrected chi connectivity index (χ4v) is 2.61. The molecule has 1 fully saturated rings. The van der Waals surface area contributed by atoms with Gasteiger partial charge in [-0.1, -0.05) is 18.2 Å². The summed E-state index contributed by atoms with van der Waals surface area (Å²) in [5.41, 5.74) is -0.577. The number of carbonyl (C=O) groups excluding carboxylic acids is 1. The Morgan fingerprint density at radius 3 is 2.65 bits per heavy atom. The van der Waals surface area contributed by atoms with Crippen molar-refractivity contribution in [1.82, 2.24) is 4.98 Å². The van der Waals surface area contributed by atoms with Crippen molar-refractivity contribution in [1.29, 1.82) is 0 Å². The number of nitrogens with zero attached hydrogens (tertiary/aromatic N) is 1. The Bertz CT molecular complexity index is 746. The summed E-state index contributed by atoms with van der Waals surface area (Å²) in [7, 11) is 0. The zero-order valence-corrected chi connectivity index (χ0v) is 11.8. The zero-order chi connectivity index (χ0) is 16.6. The minimum absolute atomic E-state index is 0.00672. The molecule has 2 atom stereocenters. The van der Waals surface area contributed by atoms with E-state index >= 15 is 0 Å². The molecule has 4 nitrogen and oxygen atoms in total. The zero-order valence-electron chi connectivity index (χ0n) is 11.8. The van der Waals surface area contributed by atoms with Crippen LogP contribution < -0.4 is 5.32 Å². The third-order valence-electron chi connectivity index (χ3n) is 3.82. The Hall–Kier alpha value is -2.57. The molecule has 120 valence electrons. The molecule has 0 unspecified atom stereocenters. The summed E-state index contributed by atoms with van der Waals surface area (Å²) in [6.07, 6.45) is -2.70. The Kier molecular flexibility index (Phi) is 3.71. The standard InChI is InChI=1S/C16H13F3N2O2/c17-16(18,19)12-5-2-1-4-9(12)10-8-11(10)15(23)21-14-13(22)6-3-7-20-14/h1-7,10-11,22H,8H2,(H,20,21,23)/t10-,11+/m0/s1. The summed E-state index contributed by atoms with van der Waals surface area (Å²) in [5, 5.41) is 12.0. The number of aromatic nitrogens is 1. The molecule has 1 saturated carbocycles. The predicted molar refractivity (Wildman–Crippen MR) is 76.8 cm³/mol. The molecule has 1 heterocycles. The first-order valence-electron chi connectivity index (χ1n) is 6.99. The van der Waals surface area contributed by atoms with Crippen LogP contribution in [0.1, 0.15) is 23.5 Å². The van der Waals surface area contributed by atoms with Gasteiger partial charge in [0.15, 0.2) is 11.6 Å². The maximum absolute atomic E-state index is 13.0. The van der Waals surface area contributed by atoms with Gasteiger partial charge in [-0.15, -0.1) is 0 Å². The number of benzene rings is 1. The third-order valence-corrected chi connectivity index (χ3v) is 3.82. The Balaban J connectivity index is 1.75. The van der Waals surface area contributed by atoms with Gasteiger partial charge in [0, 0.05) is 12.1 Å². The van der Waals surface area contributed by atoms with Crippen LogP contribution in [0.5, 0.6) is 5.75 Å². The van der Waals surface area contributed by atoms with Crippen molar-refractivity contribution in [3.8, 4) is 5.75 Å². The van der Waals surface area contributed by atoms with Crippen molar-refractivity contribution in [2.24, 2.45) is 5.92 Å². The van der Waals surface area contributed by atoms with Crippen LogP contribution in [0.25, 0.3) is 0 Å². The molecule has 0 radical (unpaired) electrons. The van der Waals surface area contributed by atoms with Crippen LogP contribution in [-0.4, -0.2) is 16.0 Å². The smallest absolute Gasteiger partial charge is 0.416 e. The number of hydrogen-bond donors (Lipinski definition) is 2. The number of anilines is 1. The second-order valence-electron chi connectivity index (χ2n) is 5.39. The number of hydrogen-bond acceptors (Lipinski definition) is 3. The van der Waals surface area contributed by atoms with Crippen molar-refractivity contribution in [2.75, 3.05) is 5.32 Å². The van der Waals surface area contributed by atoms with Gasteiger partial charge < -0.3 is 10.4 Å². The molecule has 0 saturated heterocycles. The number of amides is 1. The van der Waals surface area contributed by atoms with Crippen molar-refractivity contribution in [3.05, 3.63) is 53.7 Å². The van der Waals surface area contributed by atoms with E-state index in [0.29, 0.717) is 6.42 Å². The van der Waals surface area contributed by atoms with Gasteiger partial charge >= 0.3 is 6.18 Å². The fourth-order valence-electron chi connectivity index (χ4n) is 2.61. The third kappa shape index (κ3) is 3.13. The van der Waals surface area contributed by atoms with Crippen molar-refractivity contribution in [3.63, 3.8) is 0 Å².